The molecule has 4 heteroatoms. The van der Waals surface area contributed by atoms with Gasteiger partial charge >= 0.3 is 5.97 Å². The highest BCUT2D eigenvalue weighted by Crippen LogP contribution is 2.47. The first kappa shape index (κ1) is 18.5. The van der Waals surface area contributed by atoms with Crippen molar-refractivity contribution in [1.29, 1.82) is 0 Å². The van der Waals surface area contributed by atoms with Gasteiger partial charge in [-0.25, -0.2) is 4.79 Å². The number of likely N-dealkylation sites (N-methyl/N-ethyl adjacent to an activating group) is 1. The second-order valence-electron chi connectivity index (χ2n) is 6.45. The summed E-state index contributed by atoms with van der Waals surface area (Å²) in [5.41, 5.74) is -0.888. The van der Waals surface area contributed by atoms with Crippen molar-refractivity contribution in [2.24, 2.45) is 0 Å². The third-order valence-electron chi connectivity index (χ3n) is 5.13. The van der Waals surface area contributed by atoms with E-state index in [1.165, 1.54) is 0 Å². The largest absolute Gasteiger partial charge is 0.478 e. The standard InChI is InChI=1S/C20H27NO3/c1-3-5-11-16-12-7-8-13-17(16)19(14-9-6-10-15-19)20(24,18(22)23)21-4-2/h7-8,12-13,21,24H,4,6,9-11,14-15H2,1-2H3,(H,22,23). The van der Waals surface area contributed by atoms with E-state index < -0.39 is 17.1 Å². The molecule has 24 heavy (non-hydrogen) atoms. The van der Waals surface area contributed by atoms with E-state index in [0.29, 0.717) is 25.8 Å². The van der Waals surface area contributed by atoms with Crippen LogP contribution in [0, 0.1) is 11.8 Å². The van der Waals surface area contributed by atoms with Crippen LogP contribution in [-0.2, 0) is 16.6 Å². The first-order valence-electron chi connectivity index (χ1n) is 8.70. The van der Waals surface area contributed by atoms with E-state index in [2.05, 4.69) is 17.2 Å². The van der Waals surface area contributed by atoms with E-state index in [0.717, 1.165) is 30.4 Å². The minimum Gasteiger partial charge on any atom is -0.478 e. The van der Waals surface area contributed by atoms with Gasteiger partial charge in [-0.3, -0.25) is 5.32 Å². The van der Waals surface area contributed by atoms with Crippen LogP contribution in [0.4, 0.5) is 0 Å². The molecule has 1 aromatic carbocycles. The third-order valence-corrected chi connectivity index (χ3v) is 5.13. The lowest BCUT2D eigenvalue weighted by atomic mass is 9.61. The maximum Gasteiger partial charge on any atom is 0.352 e. The smallest absolute Gasteiger partial charge is 0.352 e. The molecule has 2 rings (SSSR count). The molecule has 0 spiro atoms. The number of carboxylic acids is 1. The fourth-order valence-electron chi connectivity index (χ4n) is 4.01. The summed E-state index contributed by atoms with van der Waals surface area (Å²) < 4.78 is 0. The Kier molecular flexibility index (Phi) is 6.04. The van der Waals surface area contributed by atoms with Gasteiger partial charge in [0, 0.05) is 11.8 Å². The van der Waals surface area contributed by atoms with Crippen LogP contribution in [-0.4, -0.2) is 28.5 Å². The number of aliphatic hydroxyl groups is 1. The Morgan fingerprint density at radius 2 is 1.96 bits per heavy atom. The zero-order chi connectivity index (χ0) is 17.6. The molecule has 1 fully saturated rings. The molecule has 0 radical (unpaired) electrons. The van der Waals surface area contributed by atoms with Crippen LogP contribution in [0.5, 0.6) is 0 Å². The van der Waals surface area contributed by atoms with E-state index >= 15 is 0 Å². The number of carbonyl (C=O) groups is 1. The van der Waals surface area contributed by atoms with Gasteiger partial charge in [-0.15, -0.1) is 5.92 Å². The predicted molar refractivity (Wildman–Crippen MR) is 94.6 cm³/mol. The van der Waals surface area contributed by atoms with Crippen molar-refractivity contribution in [2.75, 3.05) is 6.54 Å². The minimum atomic E-state index is -1.97. The molecule has 0 bridgehead atoms. The van der Waals surface area contributed by atoms with E-state index in [4.69, 9.17) is 0 Å². The van der Waals surface area contributed by atoms with Gasteiger partial charge in [0.2, 0.25) is 5.72 Å². The Bertz CT molecular complexity index is 638. The van der Waals surface area contributed by atoms with Crippen LogP contribution >= 0.6 is 0 Å². The van der Waals surface area contributed by atoms with Gasteiger partial charge in [-0.05, 0) is 37.4 Å². The van der Waals surface area contributed by atoms with Crippen molar-refractivity contribution in [3.63, 3.8) is 0 Å². The summed E-state index contributed by atoms with van der Waals surface area (Å²) in [5, 5.41) is 24.0. The molecule has 1 atom stereocenters. The van der Waals surface area contributed by atoms with Crippen molar-refractivity contribution >= 4 is 5.97 Å². The molecule has 130 valence electrons. The lowest BCUT2D eigenvalue weighted by molar-refractivity contribution is -0.176. The van der Waals surface area contributed by atoms with Crippen molar-refractivity contribution in [1.82, 2.24) is 5.32 Å². The lowest BCUT2D eigenvalue weighted by Crippen LogP contribution is -2.66. The maximum atomic E-state index is 12.1. The Morgan fingerprint density at radius 1 is 1.29 bits per heavy atom. The van der Waals surface area contributed by atoms with Gasteiger partial charge in [0.1, 0.15) is 0 Å². The molecule has 3 N–H and O–H groups in total. The lowest BCUT2D eigenvalue weighted by Gasteiger charge is -2.48. The molecule has 1 saturated carbocycles. The Labute approximate surface area is 144 Å². The second-order valence-corrected chi connectivity index (χ2v) is 6.45. The SMILES string of the molecule is CC#CCc1ccccc1C1(C(O)(NCC)C(=O)O)CCCCC1. The highest BCUT2D eigenvalue weighted by Gasteiger charge is 2.57. The van der Waals surface area contributed by atoms with E-state index in [1.54, 1.807) is 6.92 Å². The zero-order valence-corrected chi connectivity index (χ0v) is 14.6. The molecule has 4 nitrogen and oxygen atoms in total. The number of benzene rings is 1. The van der Waals surface area contributed by atoms with Crippen LogP contribution in [0.15, 0.2) is 24.3 Å². The van der Waals surface area contributed by atoms with Crippen LogP contribution in [0.3, 0.4) is 0 Å². The van der Waals surface area contributed by atoms with Gasteiger partial charge in [-0.2, -0.15) is 0 Å². The highest BCUT2D eigenvalue weighted by atomic mass is 16.4. The number of hydrogen-bond donors (Lipinski definition) is 3. The molecule has 0 amide bonds. The summed E-state index contributed by atoms with van der Waals surface area (Å²) in [4.78, 5) is 12.1. The molecule has 0 saturated heterocycles. The monoisotopic (exact) mass is 329 g/mol. The normalized spacial score (nSPS) is 19.0. The summed E-state index contributed by atoms with van der Waals surface area (Å²) in [6.45, 7) is 4.01. The Hall–Kier alpha value is -1.83. The number of rotatable bonds is 6. The van der Waals surface area contributed by atoms with Crippen LogP contribution in [0.25, 0.3) is 0 Å². The summed E-state index contributed by atoms with van der Waals surface area (Å²) >= 11 is 0. The number of aliphatic carboxylic acids is 1. The molecular weight excluding hydrogens is 302 g/mol. The first-order valence-corrected chi connectivity index (χ1v) is 8.70. The van der Waals surface area contributed by atoms with Gasteiger partial charge < -0.3 is 10.2 Å². The van der Waals surface area contributed by atoms with Gasteiger partial charge in [0.25, 0.3) is 0 Å². The topological polar surface area (TPSA) is 69.6 Å². The van der Waals surface area contributed by atoms with Crippen molar-refractivity contribution in [3.05, 3.63) is 35.4 Å². The molecular formula is C20H27NO3. The number of carboxylic acid groups (broad SMARTS) is 1. The van der Waals surface area contributed by atoms with Crippen LogP contribution in [0.1, 0.15) is 57.1 Å². The fraction of sp³-hybridized carbons (Fsp3) is 0.550. The van der Waals surface area contributed by atoms with Gasteiger partial charge in [0.05, 0.1) is 0 Å². The number of nitrogens with one attached hydrogen (secondary N) is 1. The average Bonchev–Trinajstić information content (AvgIpc) is 2.60. The maximum absolute atomic E-state index is 12.1. The van der Waals surface area contributed by atoms with Gasteiger partial charge in [0.15, 0.2) is 0 Å². The minimum absolute atomic E-state index is 0.390. The average molecular weight is 329 g/mol. The summed E-state index contributed by atoms with van der Waals surface area (Å²) in [6, 6.07) is 7.82. The predicted octanol–water partition coefficient (Wildman–Crippen LogP) is 2.84. The van der Waals surface area contributed by atoms with E-state index in [1.807, 2.05) is 31.2 Å². The molecule has 0 heterocycles. The summed E-state index contributed by atoms with van der Waals surface area (Å²) in [6.07, 6.45) is 4.76. The van der Waals surface area contributed by atoms with Crippen molar-refractivity contribution < 1.29 is 15.0 Å². The zero-order valence-electron chi connectivity index (χ0n) is 14.6. The summed E-state index contributed by atoms with van der Waals surface area (Å²) in [5.74, 6) is 4.77. The van der Waals surface area contributed by atoms with Gasteiger partial charge in [-0.1, -0.05) is 56.4 Å². The summed E-state index contributed by atoms with van der Waals surface area (Å²) in [7, 11) is 0. The molecule has 1 aliphatic carbocycles. The first-order chi connectivity index (χ1) is 11.5. The van der Waals surface area contributed by atoms with Crippen LogP contribution < -0.4 is 5.32 Å². The quantitative estimate of drug-likeness (QED) is 0.554. The number of hydrogen-bond acceptors (Lipinski definition) is 3. The fourth-order valence-corrected chi connectivity index (χ4v) is 4.01. The van der Waals surface area contributed by atoms with Crippen LogP contribution in [0.2, 0.25) is 0 Å². The second kappa shape index (κ2) is 7.83. The van der Waals surface area contributed by atoms with Crippen molar-refractivity contribution in [3.8, 4) is 11.8 Å². The molecule has 1 aromatic rings. The highest BCUT2D eigenvalue weighted by molar-refractivity contribution is 5.79. The third kappa shape index (κ3) is 3.19. The van der Waals surface area contributed by atoms with E-state index in [9.17, 15) is 15.0 Å². The molecule has 0 aliphatic heterocycles. The van der Waals surface area contributed by atoms with E-state index in [-0.39, 0.29) is 0 Å². The molecule has 1 unspecified atom stereocenters. The Balaban J connectivity index is 2.64. The Morgan fingerprint density at radius 3 is 2.54 bits per heavy atom. The molecule has 0 aromatic heterocycles. The van der Waals surface area contributed by atoms with Crippen molar-refractivity contribution in [2.45, 2.75) is 63.5 Å². The molecule has 1 aliphatic rings.